The highest BCUT2D eigenvalue weighted by atomic mass is 16.2. The quantitative estimate of drug-likeness (QED) is 0.850. The first kappa shape index (κ1) is 12.6. The van der Waals surface area contributed by atoms with Crippen molar-refractivity contribution < 1.29 is 4.79 Å². The van der Waals surface area contributed by atoms with Crippen LogP contribution < -0.4 is 10.6 Å². The molecule has 0 spiro atoms. The molecule has 4 nitrogen and oxygen atoms in total. The van der Waals surface area contributed by atoms with E-state index in [-0.39, 0.29) is 11.9 Å². The first-order chi connectivity index (χ1) is 8.77. The maximum Gasteiger partial charge on any atom is 0.286 e. The molecule has 1 heterocycles. The summed E-state index contributed by atoms with van der Waals surface area (Å²) in [5.74, 6) is 0.350. The summed E-state index contributed by atoms with van der Waals surface area (Å²) >= 11 is 0. The number of nitrogens with zero attached hydrogens (tertiary/aromatic N) is 1. The van der Waals surface area contributed by atoms with E-state index in [2.05, 4.69) is 15.6 Å². The Morgan fingerprint density at radius 1 is 1.33 bits per heavy atom. The van der Waals surface area contributed by atoms with Crippen molar-refractivity contribution in [2.75, 3.05) is 13.1 Å². The lowest BCUT2D eigenvalue weighted by atomic mass is 10.1. The number of nitrogens with one attached hydrogen (secondary N) is 2. The van der Waals surface area contributed by atoms with Gasteiger partial charge in [0.15, 0.2) is 5.84 Å². The predicted octanol–water partition coefficient (Wildman–Crippen LogP) is 1.65. The van der Waals surface area contributed by atoms with Crippen molar-refractivity contribution in [2.45, 2.75) is 25.8 Å². The van der Waals surface area contributed by atoms with Crippen LogP contribution in [0.15, 0.2) is 35.3 Å². The maximum absolute atomic E-state index is 12.0. The van der Waals surface area contributed by atoms with E-state index >= 15 is 0 Å². The molecule has 96 valence electrons. The van der Waals surface area contributed by atoms with Crippen LogP contribution in [-0.4, -0.2) is 24.8 Å². The van der Waals surface area contributed by atoms with Gasteiger partial charge in [-0.15, -0.1) is 0 Å². The number of carbonyl (C=O) groups is 1. The minimum atomic E-state index is -0.117. The molecule has 1 aliphatic rings. The summed E-state index contributed by atoms with van der Waals surface area (Å²) in [4.78, 5) is 16.3. The molecule has 1 aromatic rings. The molecule has 1 atom stereocenters. The van der Waals surface area contributed by atoms with Crippen LogP contribution in [0.25, 0.3) is 0 Å². The van der Waals surface area contributed by atoms with Gasteiger partial charge in [-0.2, -0.15) is 0 Å². The molecule has 2 rings (SSSR count). The van der Waals surface area contributed by atoms with E-state index in [0.29, 0.717) is 5.84 Å². The number of hydrogen-bond donors (Lipinski definition) is 2. The molecule has 0 bridgehead atoms. The minimum Gasteiger partial charge on any atom is -0.366 e. The van der Waals surface area contributed by atoms with Crippen molar-refractivity contribution in [1.82, 2.24) is 10.6 Å². The molecule has 1 amide bonds. The van der Waals surface area contributed by atoms with E-state index in [1.165, 1.54) is 0 Å². The molecule has 1 unspecified atom stereocenters. The Bertz CT molecular complexity index is 428. The van der Waals surface area contributed by atoms with Gasteiger partial charge in [0.05, 0.1) is 6.04 Å². The van der Waals surface area contributed by atoms with Crippen LogP contribution >= 0.6 is 0 Å². The van der Waals surface area contributed by atoms with E-state index in [4.69, 9.17) is 0 Å². The fraction of sp³-hybridized carbons (Fsp3) is 0.429. The van der Waals surface area contributed by atoms with Crippen molar-refractivity contribution in [3.8, 4) is 0 Å². The molecule has 4 heteroatoms. The highest BCUT2D eigenvalue weighted by molar-refractivity contribution is 6.37. The molecule has 0 fully saturated rings. The number of aliphatic imine (C=N–C) groups is 1. The van der Waals surface area contributed by atoms with Crippen molar-refractivity contribution in [1.29, 1.82) is 0 Å². The standard InChI is InChI=1S/C14H19N3O/c1-11(12-7-3-2-4-8-12)17-14(18)13-15-9-5-6-10-16-13/h2-4,7-8,11H,5-6,9-10H2,1H3,(H,15,16)(H,17,18). The van der Waals surface area contributed by atoms with E-state index in [0.717, 1.165) is 31.5 Å². The second kappa shape index (κ2) is 6.19. The molecular formula is C14H19N3O. The zero-order valence-electron chi connectivity index (χ0n) is 10.6. The summed E-state index contributed by atoms with van der Waals surface area (Å²) in [5.41, 5.74) is 1.10. The van der Waals surface area contributed by atoms with Gasteiger partial charge in [0.2, 0.25) is 0 Å². The van der Waals surface area contributed by atoms with Crippen molar-refractivity contribution in [3.05, 3.63) is 35.9 Å². The van der Waals surface area contributed by atoms with Crippen molar-refractivity contribution in [3.63, 3.8) is 0 Å². The van der Waals surface area contributed by atoms with Gasteiger partial charge < -0.3 is 10.6 Å². The molecule has 0 saturated carbocycles. The van der Waals surface area contributed by atoms with Gasteiger partial charge in [0, 0.05) is 13.1 Å². The van der Waals surface area contributed by atoms with Crippen LogP contribution in [0.3, 0.4) is 0 Å². The molecule has 18 heavy (non-hydrogen) atoms. The monoisotopic (exact) mass is 245 g/mol. The van der Waals surface area contributed by atoms with Gasteiger partial charge in [0.25, 0.3) is 5.91 Å². The molecular weight excluding hydrogens is 226 g/mol. The summed E-state index contributed by atoms with van der Waals surface area (Å²) in [7, 11) is 0. The SMILES string of the molecule is CC(NC(=O)C1=NCCCCN1)c1ccccc1. The maximum atomic E-state index is 12.0. The fourth-order valence-electron chi connectivity index (χ4n) is 1.93. The second-order valence-corrected chi connectivity index (χ2v) is 4.47. The largest absolute Gasteiger partial charge is 0.366 e. The summed E-state index contributed by atoms with van der Waals surface area (Å²) in [6, 6.07) is 9.92. The topological polar surface area (TPSA) is 53.5 Å². The normalized spacial score (nSPS) is 17.1. The predicted molar refractivity (Wildman–Crippen MR) is 72.5 cm³/mol. The highest BCUT2D eigenvalue weighted by Crippen LogP contribution is 2.10. The lowest BCUT2D eigenvalue weighted by Gasteiger charge is -2.15. The third-order valence-electron chi connectivity index (χ3n) is 3.01. The Morgan fingerprint density at radius 2 is 2.11 bits per heavy atom. The molecule has 1 aromatic carbocycles. The number of hydrogen-bond acceptors (Lipinski definition) is 3. The number of rotatable bonds is 3. The number of amidine groups is 1. The van der Waals surface area contributed by atoms with E-state index < -0.39 is 0 Å². The van der Waals surface area contributed by atoms with Crippen LogP contribution in [0, 0.1) is 0 Å². The lowest BCUT2D eigenvalue weighted by Crippen LogP contribution is -2.41. The molecule has 0 aliphatic carbocycles. The third-order valence-corrected chi connectivity index (χ3v) is 3.01. The number of amides is 1. The van der Waals surface area contributed by atoms with E-state index in [9.17, 15) is 4.79 Å². The Kier molecular flexibility index (Phi) is 4.34. The van der Waals surface area contributed by atoms with Gasteiger partial charge in [-0.05, 0) is 25.3 Å². The van der Waals surface area contributed by atoms with Crippen LogP contribution in [0.5, 0.6) is 0 Å². The van der Waals surface area contributed by atoms with Crippen LogP contribution in [0.4, 0.5) is 0 Å². The number of carbonyl (C=O) groups excluding carboxylic acids is 1. The average Bonchev–Trinajstić information content (AvgIpc) is 2.68. The zero-order chi connectivity index (χ0) is 12.8. The highest BCUT2D eigenvalue weighted by Gasteiger charge is 2.15. The first-order valence-corrected chi connectivity index (χ1v) is 6.41. The van der Waals surface area contributed by atoms with Crippen molar-refractivity contribution in [2.24, 2.45) is 4.99 Å². The molecule has 0 radical (unpaired) electrons. The molecule has 2 N–H and O–H groups in total. The van der Waals surface area contributed by atoms with Gasteiger partial charge in [0.1, 0.15) is 0 Å². The Morgan fingerprint density at radius 3 is 2.89 bits per heavy atom. The summed E-state index contributed by atoms with van der Waals surface area (Å²) in [6.45, 7) is 3.53. The summed E-state index contributed by atoms with van der Waals surface area (Å²) in [6.07, 6.45) is 2.10. The van der Waals surface area contributed by atoms with E-state index in [1.807, 2.05) is 37.3 Å². The van der Waals surface area contributed by atoms with Gasteiger partial charge in [-0.25, -0.2) is 0 Å². The lowest BCUT2D eigenvalue weighted by molar-refractivity contribution is -0.115. The summed E-state index contributed by atoms with van der Waals surface area (Å²) in [5, 5.41) is 6.04. The van der Waals surface area contributed by atoms with Crippen molar-refractivity contribution >= 4 is 11.7 Å². The fourth-order valence-corrected chi connectivity index (χ4v) is 1.93. The van der Waals surface area contributed by atoms with Crippen LogP contribution in [0.1, 0.15) is 31.4 Å². The van der Waals surface area contributed by atoms with Gasteiger partial charge >= 0.3 is 0 Å². The van der Waals surface area contributed by atoms with Crippen LogP contribution in [0.2, 0.25) is 0 Å². The van der Waals surface area contributed by atoms with Crippen LogP contribution in [-0.2, 0) is 4.79 Å². The Labute approximate surface area is 108 Å². The summed E-state index contributed by atoms with van der Waals surface area (Å²) < 4.78 is 0. The average molecular weight is 245 g/mol. The molecule has 0 aromatic heterocycles. The van der Waals surface area contributed by atoms with Gasteiger partial charge in [-0.3, -0.25) is 9.79 Å². The zero-order valence-corrected chi connectivity index (χ0v) is 10.6. The van der Waals surface area contributed by atoms with E-state index in [1.54, 1.807) is 0 Å². The Hall–Kier alpha value is -1.84. The smallest absolute Gasteiger partial charge is 0.286 e. The van der Waals surface area contributed by atoms with Gasteiger partial charge in [-0.1, -0.05) is 30.3 Å². The first-order valence-electron chi connectivity index (χ1n) is 6.41. The molecule has 0 saturated heterocycles. The minimum absolute atomic E-state index is 0.00791. The third kappa shape index (κ3) is 3.32. The Balaban J connectivity index is 1.96. The second-order valence-electron chi connectivity index (χ2n) is 4.47. The number of benzene rings is 1. The molecule has 1 aliphatic heterocycles.